The first-order valence-electron chi connectivity index (χ1n) is 2.14. The monoisotopic (exact) mass is 187 g/mol. The van der Waals surface area contributed by atoms with Gasteiger partial charge in [-0.1, -0.05) is 0 Å². The third-order valence-electron chi connectivity index (χ3n) is 0.697. The van der Waals surface area contributed by atoms with Crippen molar-refractivity contribution in [3.8, 4) is 24.3 Å². The Morgan fingerprint density at radius 3 is 0.909 bits per heavy atom. The number of allylic oxidation sites excluding steroid dienone is 2. The van der Waals surface area contributed by atoms with Gasteiger partial charge in [0.15, 0.2) is 11.1 Å². The van der Waals surface area contributed by atoms with E-state index in [1.54, 1.807) is 0 Å². The molecule has 0 rings (SSSR count). The van der Waals surface area contributed by atoms with Crippen LogP contribution in [-0.2, 0) is 16.8 Å². The SMILES string of the molecule is N#CC(C#N)=C(C#N)C#N.[Co]. The van der Waals surface area contributed by atoms with Crippen molar-refractivity contribution < 1.29 is 16.8 Å². The summed E-state index contributed by atoms with van der Waals surface area (Å²) in [6.07, 6.45) is 0. The van der Waals surface area contributed by atoms with E-state index in [-0.39, 0.29) is 16.8 Å². The standard InChI is InChI=1S/C6N4.Co/c7-1-5(2-8)6(3-9)4-10;. The quantitative estimate of drug-likeness (QED) is 0.512. The van der Waals surface area contributed by atoms with Crippen molar-refractivity contribution in [3.05, 3.63) is 11.1 Å². The van der Waals surface area contributed by atoms with Crippen LogP contribution in [-0.4, -0.2) is 0 Å². The second-order valence-electron chi connectivity index (χ2n) is 1.20. The first kappa shape index (κ1) is 11.9. The Labute approximate surface area is 73.8 Å². The van der Waals surface area contributed by atoms with E-state index < -0.39 is 11.1 Å². The van der Waals surface area contributed by atoms with Gasteiger partial charge in [-0.2, -0.15) is 21.0 Å². The molecule has 1 radical (unpaired) electrons. The van der Waals surface area contributed by atoms with Crippen molar-refractivity contribution >= 4 is 0 Å². The molecule has 0 atom stereocenters. The molecule has 11 heavy (non-hydrogen) atoms. The van der Waals surface area contributed by atoms with Gasteiger partial charge in [0.05, 0.1) is 0 Å². The van der Waals surface area contributed by atoms with Gasteiger partial charge < -0.3 is 0 Å². The molecule has 0 fully saturated rings. The molecule has 4 nitrogen and oxygen atoms in total. The molecule has 0 bridgehead atoms. The maximum Gasteiger partial charge on any atom is 0.158 e. The summed E-state index contributed by atoms with van der Waals surface area (Å²) in [5, 5.41) is 32.5. The van der Waals surface area contributed by atoms with Crippen LogP contribution in [0.4, 0.5) is 0 Å². The number of nitriles is 4. The van der Waals surface area contributed by atoms with Crippen molar-refractivity contribution in [2.24, 2.45) is 0 Å². The molecular formula is C6CoN4. The number of hydrogen-bond donors (Lipinski definition) is 0. The van der Waals surface area contributed by atoms with Gasteiger partial charge in [-0.3, -0.25) is 0 Å². The van der Waals surface area contributed by atoms with Crippen molar-refractivity contribution in [1.82, 2.24) is 0 Å². The first-order valence-corrected chi connectivity index (χ1v) is 2.14. The summed E-state index contributed by atoms with van der Waals surface area (Å²) in [5.41, 5.74) is -0.880. The van der Waals surface area contributed by atoms with Gasteiger partial charge in [0.2, 0.25) is 0 Å². The molecule has 0 aromatic carbocycles. The summed E-state index contributed by atoms with van der Waals surface area (Å²) < 4.78 is 0. The molecule has 0 amide bonds. The van der Waals surface area contributed by atoms with Crippen molar-refractivity contribution in [2.45, 2.75) is 0 Å². The van der Waals surface area contributed by atoms with Gasteiger partial charge in [0, 0.05) is 16.8 Å². The summed E-state index contributed by atoms with van der Waals surface area (Å²) in [6.45, 7) is 0. The zero-order valence-electron chi connectivity index (χ0n) is 5.12. The zero-order valence-corrected chi connectivity index (χ0v) is 6.16. The van der Waals surface area contributed by atoms with E-state index in [4.69, 9.17) is 21.0 Å². The summed E-state index contributed by atoms with van der Waals surface area (Å²) >= 11 is 0. The number of nitrogens with zero attached hydrogens (tertiary/aromatic N) is 4. The maximum absolute atomic E-state index is 8.13. The molecule has 0 aromatic heterocycles. The van der Waals surface area contributed by atoms with Crippen molar-refractivity contribution in [2.75, 3.05) is 0 Å². The van der Waals surface area contributed by atoms with Gasteiger partial charge in [0.1, 0.15) is 24.3 Å². The fourth-order valence-corrected chi connectivity index (χ4v) is 0.274. The average Bonchev–Trinajstić information content (AvgIpc) is 2.00. The summed E-state index contributed by atoms with van der Waals surface area (Å²) in [4.78, 5) is 0. The molecule has 0 heterocycles. The normalized spacial score (nSPS) is 5.09. The second-order valence-corrected chi connectivity index (χ2v) is 1.20. The fourth-order valence-electron chi connectivity index (χ4n) is 0.274. The van der Waals surface area contributed by atoms with Gasteiger partial charge in [0.25, 0.3) is 0 Å². The Balaban J connectivity index is 0. The number of rotatable bonds is 0. The van der Waals surface area contributed by atoms with Crippen LogP contribution in [0.2, 0.25) is 0 Å². The second kappa shape index (κ2) is 6.33. The van der Waals surface area contributed by atoms with Crippen LogP contribution in [0.3, 0.4) is 0 Å². The van der Waals surface area contributed by atoms with E-state index in [0.717, 1.165) is 0 Å². The van der Waals surface area contributed by atoms with Crippen molar-refractivity contribution in [1.29, 1.82) is 21.0 Å². The Morgan fingerprint density at radius 1 is 0.636 bits per heavy atom. The minimum atomic E-state index is -0.440. The maximum atomic E-state index is 8.13. The predicted molar refractivity (Wildman–Crippen MR) is 29.5 cm³/mol. The van der Waals surface area contributed by atoms with E-state index >= 15 is 0 Å². The van der Waals surface area contributed by atoms with Crippen LogP contribution in [0.5, 0.6) is 0 Å². The van der Waals surface area contributed by atoms with Crippen LogP contribution < -0.4 is 0 Å². The molecule has 0 saturated carbocycles. The molecule has 0 spiro atoms. The molecule has 0 N–H and O–H groups in total. The Morgan fingerprint density at radius 2 is 0.818 bits per heavy atom. The largest absolute Gasteiger partial charge is 0.192 e. The summed E-state index contributed by atoms with van der Waals surface area (Å²) in [6, 6.07) is 5.71. The van der Waals surface area contributed by atoms with Gasteiger partial charge in [-0.25, -0.2) is 0 Å². The molecular weight excluding hydrogens is 187 g/mol. The molecule has 0 aliphatic carbocycles. The Bertz CT molecular complexity index is 262. The van der Waals surface area contributed by atoms with Crippen LogP contribution in [0.1, 0.15) is 0 Å². The Kier molecular flexibility index (Phi) is 6.87. The molecule has 0 aliphatic rings. The molecule has 53 valence electrons. The average molecular weight is 187 g/mol. The van der Waals surface area contributed by atoms with E-state index in [1.807, 2.05) is 0 Å². The Hall–Kier alpha value is -1.79. The fraction of sp³-hybridized carbons (Fsp3) is 0. The van der Waals surface area contributed by atoms with Gasteiger partial charge in [-0.05, 0) is 0 Å². The van der Waals surface area contributed by atoms with E-state index in [2.05, 4.69) is 0 Å². The summed E-state index contributed by atoms with van der Waals surface area (Å²) in [5.74, 6) is 0. The number of hydrogen-bond acceptors (Lipinski definition) is 4. The molecule has 0 aliphatic heterocycles. The van der Waals surface area contributed by atoms with Crippen LogP contribution in [0.25, 0.3) is 0 Å². The minimum absolute atomic E-state index is 0. The third-order valence-corrected chi connectivity index (χ3v) is 0.697. The zero-order chi connectivity index (χ0) is 7.98. The predicted octanol–water partition coefficient (Wildman–Crippen LogP) is 0.375. The van der Waals surface area contributed by atoms with Crippen molar-refractivity contribution in [3.63, 3.8) is 0 Å². The van der Waals surface area contributed by atoms with E-state index in [9.17, 15) is 0 Å². The third kappa shape index (κ3) is 3.03. The molecule has 0 saturated heterocycles. The molecule has 5 heteroatoms. The first-order chi connectivity index (χ1) is 4.79. The van der Waals surface area contributed by atoms with Crippen LogP contribution in [0, 0.1) is 45.3 Å². The smallest absolute Gasteiger partial charge is 0.158 e. The van der Waals surface area contributed by atoms with E-state index in [0.29, 0.717) is 0 Å². The van der Waals surface area contributed by atoms with Crippen LogP contribution in [0.15, 0.2) is 11.1 Å². The molecule has 0 aromatic rings. The van der Waals surface area contributed by atoms with Gasteiger partial charge in [-0.15, -0.1) is 0 Å². The van der Waals surface area contributed by atoms with Crippen LogP contribution >= 0.6 is 0 Å². The van der Waals surface area contributed by atoms with Gasteiger partial charge >= 0.3 is 0 Å². The molecule has 0 unspecified atom stereocenters. The minimum Gasteiger partial charge on any atom is -0.192 e. The summed E-state index contributed by atoms with van der Waals surface area (Å²) in [7, 11) is 0. The van der Waals surface area contributed by atoms with E-state index in [1.165, 1.54) is 24.3 Å². The topological polar surface area (TPSA) is 95.2 Å².